The number of halogens is 1. The SMILES string of the molecule is CNC1CCCN(C(=O)Cc2cccc(OCc3ccccc3C)c2)C1.Cl. The average molecular weight is 389 g/mol. The third-order valence-electron chi connectivity index (χ3n) is 5.09. The molecule has 27 heavy (non-hydrogen) atoms. The van der Waals surface area contributed by atoms with Gasteiger partial charge in [-0.15, -0.1) is 12.4 Å². The molecule has 1 heterocycles. The van der Waals surface area contributed by atoms with Crippen molar-refractivity contribution in [2.75, 3.05) is 20.1 Å². The predicted molar refractivity (Wildman–Crippen MR) is 112 cm³/mol. The fourth-order valence-corrected chi connectivity index (χ4v) is 3.40. The third kappa shape index (κ3) is 5.98. The highest BCUT2D eigenvalue weighted by Gasteiger charge is 2.22. The van der Waals surface area contributed by atoms with E-state index in [-0.39, 0.29) is 18.3 Å². The number of carbonyl (C=O) groups is 1. The number of hydrogen-bond donors (Lipinski definition) is 1. The molecule has 4 nitrogen and oxygen atoms in total. The Morgan fingerprint density at radius 3 is 2.81 bits per heavy atom. The van der Waals surface area contributed by atoms with Crippen LogP contribution in [0.15, 0.2) is 48.5 Å². The minimum absolute atomic E-state index is 0. The summed E-state index contributed by atoms with van der Waals surface area (Å²) in [6, 6.07) is 16.5. The molecule has 0 aliphatic carbocycles. The van der Waals surface area contributed by atoms with E-state index >= 15 is 0 Å². The Morgan fingerprint density at radius 1 is 1.22 bits per heavy atom. The predicted octanol–water partition coefficient (Wildman–Crippen LogP) is 3.75. The molecule has 1 unspecified atom stereocenters. The second kappa shape index (κ2) is 10.3. The fourth-order valence-electron chi connectivity index (χ4n) is 3.40. The Kier molecular flexibility index (Phi) is 8.14. The summed E-state index contributed by atoms with van der Waals surface area (Å²) in [5, 5.41) is 3.28. The van der Waals surface area contributed by atoms with Crippen molar-refractivity contribution in [3.05, 3.63) is 65.2 Å². The first-order valence-electron chi connectivity index (χ1n) is 9.37. The number of rotatable bonds is 6. The molecule has 146 valence electrons. The van der Waals surface area contributed by atoms with Gasteiger partial charge >= 0.3 is 0 Å². The van der Waals surface area contributed by atoms with Crippen LogP contribution in [0.2, 0.25) is 0 Å². The number of aryl methyl sites for hydroxylation is 1. The van der Waals surface area contributed by atoms with Crippen molar-refractivity contribution in [2.24, 2.45) is 0 Å². The first-order valence-corrected chi connectivity index (χ1v) is 9.37. The van der Waals surface area contributed by atoms with Crippen molar-refractivity contribution in [3.8, 4) is 5.75 Å². The van der Waals surface area contributed by atoms with E-state index < -0.39 is 0 Å². The lowest BCUT2D eigenvalue weighted by Gasteiger charge is -2.32. The molecule has 0 aromatic heterocycles. The van der Waals surface area contributed by atoms with E-state index in [1.165, 1.54) is 11.1 Å². The molecule has 0 bridgehead atoms. The number of nitrogens with zero attached hydrogens (tertiary/aromatic N) is 1. The van der Waals surface area contributed by atoms with E-state index in [0.717, 1.165) is 37.2 Å². The van der Waals surface area contributed by atoms with E-state index in [2.05, 4.69) is 24.4 Å². The molecule has 1 aliphatic heterocycles. The number of piperidine rings is 1. The largest absolute Gasteiger partial charge is 0.489 e. The minimum atomic E-state index is 0. The van der Waals surface area contributed by atoms with Gasteiger partial charge in [0.25, 0.3) is 0 Å². The summed E-state index contributed by atoms with van der Waals surface area (Å²) < 4.78 is 5.94. The van der Waals surface area contributed by atoms with Crippen molar-refractivity contribution in [3.63, 3.8) is 0 Å². The number of likely N-dealkylation sites (N-methyl/N-ethyl adjacent to an activating group) is 1. The number of benzene rings is 2. The summed E-state index contributed by atoms with van der Waals surface area (Å²) in [5.41, 5.74) is 3.41. The average Bonchev–Trinajstić information content (AvgIpc) is 2.67. The topological polar surface area (TPSA) is 41.6 Å². The lowest BCUT2D eigenvalue weighted by molar-refractivity contribution is -0.131. The Labute approximate surface area is 168 Å². The zero-order valence-electron chi connectivity index (χ0n) is 16.1. The molecular formula is C22H29ClN2O2. The van der Waals surface area contributed by atoms with E-state index in [4.69, 9.17) is 4.74 Å². The molecule has 0 saturated carbocycles. The molecule has 1 aliphatic rings. The summed E-state index contributed by atoms with van der Waals surface area (Å²) in [7, 11) is 1.97. The van der Waals surface area contributed by atoms with Crippen LogP contribution in [-0.4, -0.2) is 37.0 Å². The first kappa shape index (κ1) is 21.3. The van der Waals surface area contributed by atoms with Gasteiger partial charge in [0.15, 0.2) is 0 Å². The molecule has 2 aromatic carbocycles. The van der Waals surface area contributed by atoms with Gasteiger partial charge in [0, 0.05) is 19.1 Å². The zero-order valence-corrected chi connectivity index (χ0v) is 16.9. The van der Waals surface area contributed by atoms with Gasteiger partial charge < -0.3 is 15.0 Å². The molecule has 2 aromatic rings. The van der Waals surface area contributed by atoms with Crippen LogP contribution in [0.5, 0.6) is 5.75 Å². The highest BCUT2D eigenvalue weighted by atomic mass is 35.5. The Hall–Kier alpha value is -2.04. The van der Waals surface area contributed by atoms with E-state index in [1.54, 1.807) is 0 Å². The lowest BCUT2D eigenvalue weighted by Crippen LogP contribution is -2.47. The van der Waals surface area contributed by atoms with Gasteiger partial charge in [-0.05, 0) is 55.6 Å². The van der Waals surface area contributed by atoms with Crippen LogP contribution in [0.3, 0.4) is 0 Å². The summed E-state index contributed by atoms with van der Waals surface area (Å²) in [4.78, 5) is 14.6. The van der Waals surface area contributed by atoms with Gasteiger partial charge in [0.05, 0.1) is 6.42 Å². The van der Waals surface area contributed by atoms with Crippen molar-refractivity contribution in [1.82, 2.24) is 10.2 Å². The fraction of sp³-hybridized carbons (Fsp3) is 0.409. The number of likely N-dealkylation sites (tertiary alicyclic amines) is 1. The highest BCUT2D eigenvalue weighted by Crippen LogP contribution is 2.18. The van der Waals surface area contributed by atoms with Gasteiger partial charge in [-0.2, -0.15) is 0 Å². The number of amides is 1. The summed E-state index contributed by atoms with van der Waals surface area (Å²) in [6.07, 6.45) is 2.64. The summed E-state index contributed by atoms with van der Waals surface area (Å²) in [5.74, 6) is 1.01. The molecule has 1 fully saturated rings. The maximum absolute atomic E-state index is 12.6. The molecule has 0 spiro atoms. The summed E-state index contributed by atoms with van der Waals surface area (Å²) >= 11 is 0. The smallest absolute Gasteiger partial charge is 0.227 e. The second-order valence-electron chi connectivity index (χ2n) is 7.01. The van der Waals surface area contributed by atoms with Crippen LogP contribution >= 0.6 is 12.4 Å². The molecule has 0 radical (unpaired) electrons. The monoisotopic (exact) mass is 388 g/mol. The molecule has 5 heteroatoms. The number of nitrogens with one attached hydrogen (secondary N) is 1. The normalized spacial score (nSPS) is 16.5. The van der Waals surface area contributed by atoms with E-state index in [1.807, 2.05) is 48.3 Å². The van der Waals surface area contributed by atoms with E-state index in [0.29, 0.717) is 19.1 Å². The van der Waals surface area contributed by atoms with Crippen molar-refractivity contribution in [2.45, 2.75) is 38.8 Å². The van der Waals surface area contributed by atoms with Gasteiger partial charge in [-0.25, -0.2) is 0 Å². The maximum Gasteiger partial charge on any atom is 0.227 e. The van der Waals surface area contributed by atoms with Gasteiger partial charge in [0.1, 0.15) is 12.4 Å². The summed E-state index contributed by atoms with van der Waals surface area (Å²) in [6.45, 7) is 4.30. The standard InChI is InChI=1S/C22H28N2O2.ClH/c1-17-7-3-4-9-19(17)16-26-21-11-5-8-18(13-21)14-22(25)24-12-6-10-20(15-24)23-2;/h3-5,7-9,11,13,20,23H,6,10,12,14-16H2,1-2H3;1H. The van der Waals surface area contributed by atoms with Gasteiger partial charge in [-0.3, -0.25) is 4.79 Å². The minimum Gasteiger partial charge on any atom is -0.489 e. The van der Waals surface area contributed by atoms with Crippen LogP contribution in [-0.2, 0) is 17.8 Å². The van der Waals surface area contributed by atoms with Crippen LogP contribution in [0.1, 0.15) is 29.5 Å². The van der Waals surface area contributed by atoms with Crippen molar-refractivity contribution in [1.29, 1.82) is 0 Å². The lowest BCUT2D eigenvalue weighted by atomic mass is 10.0. The van der Waals surface area contributed by atoms with Gasteiger partial charge in [-0.1, -0.05) is 36.4 Å². The molecule has 1 amide bonds. The van der Waals surface area contributed by atoms with Crippen LogP contribution < -0.4 is 10.1 Å². The number of ether oxygens (including phenoxy) is 1. The molecule has 3 rings (SSSR count). The van der Waals surface area contributed by atoms with Gasteiger partial charge in [0.2, 0.25) is 5.91 Å². The maximum atomic E-state index is 12.6. The van der Waals surface area contributed by atoms with Crippen molar-refractivity contribution < 1.29 is 9.53 Å². The Balaban J connectivity index is 0.00000261. The molecular weight excluding hydrogens is 360 g/mol. The van der Waals surface area contributed by atoms with Crippen LogP contribution in [0.25, 0.3) is 0 Å². The molecule has 1 saturated heterocycles. The number of carbonyl (C=O) groups excluding carboxylic acids is 1. The quantitative estimate of drug-likeness (QED) is 0.819. The molecule has 1 atom stereocenters. The number of hydrogen-bond acceptors (Lipinski definition) is 3. The first-order chi connectivity index (χ1) is 12.7. The third-order valence-corrected chi connectivity index (χ3v) is 5.09. The Bertz CT molecular complexity index is 751. The van der Waals surface area contributed by atoms with Crippen LogP contribution in [0, 0.1) is 6.92 Å². The highest BCUT2D eigenvalue weighted by molar-refractivity contribution is 5.85. The zero-order chi connectivity index (χ0) is 18.4. The second-order valence-corrected chi connectivity index (χ2v) is 7.01. The van der Waals surface area contributed by atoms with Crippen molar-refractivity contribution >= 4 is 18.3 Å². The van der Waals surface area contributed by atoms with E-state index in [9.17, 15) is 4.79 Å². The Morgan fingerprint density at radius 2 is 2.04 bits per heavy atom. The van der Waals surface area contributed by atoms with Crippen LogP contribution in [0.4, 0.5) is 0 Å². The molecule has 1 N–H and O–H groups in total.